The Labute approximate surface area is 232 Å². The Morgan fingerprint density at radius 2 is 1.18 bits per heavy atom. The topological polar surface area (TPSA) is 13.1 Å². The van der Waals surface area contributed by atoms with E-state index >= 15 is 0 Å². The Morgan fingerprint density at radius 3 is 2.00 bits per heavy atom. The van der Waals surface area contributed by atoms with Crippen LogP contribution in [-0.4, -0.2) is 22.2 Å². The van der Waals surface area contributed by atoms with Gasteiger partial charge in [-0.05, 0) is 42.0 Å². The summed E-state index contributed by atoms with van der Waals surface area (Å²) in [5.41, 5.74) is 10.1. The summed E-state index contributed by atoms with van der Waals surface area (Å²) in [6.07, 6.45) is 9.08. The van der Waals surface area contributed by atoms with Crippen LogP contribution in [0, 0.1) is 0 Å². The fourth-order valence-electron chi connectivity index (χ4n) is 7.32. The molecule has 1 aliphatic heterocycles. The van der Waals surface area contributed by atoms with Gasteiger partial charge in [0.05, 0.1) is 33.8 Å². The van der Waals surface area contributed by atoms with E-state index in [1.807, 2.05) is 0 Å². The monoisotopic (exact) mass is 513 g/mol. The smallest absolute Gasteiger partial charge is 0.0778 e. The van der Waals surface area contributed by atoms with E-state index < -0.39 is 0 Å². The predicted octanol–water partition coefficient (Wildman–Crippen LogP) is 8.91. The van der Waals surface area contributed by atoms with Crippen molar-refractivity contribution in [1.82, 2.24) is 9.13 Å². The summed E-state index contributed by atoms with van der Waals surface area (Å²) >= 11 is 0. The third-order valence-electron chi connectivity index (χ3n) is 9.04. The Bertz CT molecular complexity index is 2190. The molecule has 1 aliphatic carbocycles. The Balaban J connectivity index is 1.40. The maximum atomic E-state index is 2.50. The normalized spacial score (nSPS) is 17.9. The minimum Gasteiger partial charge on any atom is -0.365 e. The first kappa shape index (κ1) is 21.9. The first-order chi connectivity index (χ1) is 19.8. The van der Waals surface area contributed by atoms with Gasteiger partial charge in [-0.3, -0.25) is 0 Å². The van der Waals surface area contributed by atoms with Gasteiger partial charge in [-0.2, -0.15) is 0 Å². The third kappa shape index (κ3) is 2.79. The maximum Gasteiger partial charge on any atom is 0.0778 e. The van der Waals surface area contributed by atoms with Crippen molar-refractivity contribution in [2.75, 3.05) is 11.9 Å². The molecule has 5 aromatic carbocycles. The summed E-state index contributed by atoms with van der Waals surface area (Å²) in [7, 11) is 2.25. The van der Waals surface area contributed by atoms with Gasteiger partial charge >= 0.3 is 0 Å². The number of benzene rings is 5. The first-order valence-corrected chi connectivity index (χ1v) is 14.0. The molecule has 7 aromatic rings. The van der Waals surface area contributed by atoms with Crippen LogP contribution < -0.4 is 4.90 Å². The highest BCUT2D eigenvalue weighted by atomic mass is 15.2. The van der Waals surface area contributed by atoms with Gasteiger partial charge in [0.15, 0.2) is 0 Å². The standard InChI is InChI=1S/C37H27N3/c1-38-32-16-8-5-14-27(32)30-21-22-31-28-15-7-10-18-34(28)40(37(31)36(30)38)25-19-20-29-26-13-6-9-17-33(26)39(35(29)23-25)24-11-3-2-4-12-24/h2-23,27,32H,1H3. The molecule has 2 aromatic heterocycles. The average molecular weight is 514 g/mol. The second-order valence-corrected chi connectivity index (χ2v) is 11.0. The number of hydrogen-bond acceptors (Lipinski definition) is 1. The molecule has 0 spiro atoms. The van der Waals surface area contributed by atoms with Gasteiger partial charge in [0.1, 0.15) is 0 Å². The quantitative estimate of drug-likeness (QED) is 0.225. The van der Waals surface area contributed by atoms with Crippen molar-refractivity contribution in [1.29, 1.82) is 0 Å². The van der Waals surface area contributed by atoms with E-state index in [2.05, 4.69) is 155 Å². The van der Waals surface area contributed by atoms with E-state index in [9.17, 15) is 0 Å². The number of likely N-dealkylation sites (N-methyl/N-ethyl adjacent to an activating group) is 1. The molecule has 0 saturated heterocycles. The van der Waals surface area contributed by atoms with Gasteiger partial charge in [-0.25, -0.2) is 0 Å². The van der Waals surface area contributed by atoms with Crippen molar-refractivity contribution < 1.29 is 0 Å². The zero-order chi connectivity index (χ0) is 26.4. The van der Waals surface area contributed by atoms with Gasteiger partial charge in [0.2, 0.25) is 0 Å². The van der Waals surface area contributed by atoms with E-state index in [0.29, 0.717) is 12.0 Å². The van der Waals surface area contributed by atoms with Crippen molar-refractivity contribution in [2.24, 2.45) is 0 Å². The van der Waals surface area contributed by atoms with Crippen LogP contribution >= 0.6 is 0 Å². The SMILES string of the molecule is CN1c2c(ccc3c4ccccc4n(-c4ccc5c6ccccc6n(-c6ccccc6)c5c4)c23)C2C=CC=CC21. The number of rotatable bonds is 2. The molecule has 0 amide bonds. The summed E-state index contributed by atoms with van der Waals surface area (Å²) in [4.78, 5) is 2.48. The molecule has 9 rings (SSSR count). The highest BCUT2D eigenvalue weighted by molar-refractivity contribution is 6.15. The Kier molecular flexibility index (Phi) is 4.37. The fourth-order valence-corrected chi connectivity index (χ4v) is 7.32. The maximum absolute atomic E-state index is 2.50. The lowest BCUT2D eigenvalue weighted by Gasteiger charge is -2.24. The van der Waals surface area contributed by atoms with Gasteiger partial charge < -0.3 is 14.0 Å². The van der Waals surface area contributed by atoms with Crippen LogP contribution in [0.3, 0.4) is 0 Å². The van der Waals surface area contributed by atoms with E-state index in [-0.39, 0.29) is 0 Å². The minimum absolute atomic E-state index is 0.347. The molecule has 2 aliphatic rings. The molecule has 2 atom stereocenters. The molecular weight excluding hydrogens is 486 g/mol. The van der Waals surface area contributed by atoms with Crippen LogP contribution in [0.15, 0.2) is 133 Å². The number of fused-ring (bicyclic) bond motifs is 10. The fraction of sp³-hybridized carbons (Fsp3) is 0.0811. The Hall–Kier alpha value is -5.02. The molecule has 3 heteroatoms. The summed E-state index contributed by atoms with van der Waals surface area (Å²) in [5.74, 6) is 0.379. The average Bonchev–Trinajstić information content (AvgIpc) is 3.63. The summed E-state index contributed by atoms with van der Waals surface area (Å²) in [5, 5.41) is 5.14. The summed E-state index contributed by atoms with van der Waals surface area (Å²) in [6.45, 7) is 0. The molecule has 0 saturated carbocycles. The number of para-hydroxylation sites is 3. The molecule has 2 unspecified atom stereocenters. The second-order valence-electron chi connectivity index (χ2n) is 11.0. The lowest BCUT2D eigenvalue weighted by Crippen LogP contribution is -2.28. The largest absolute Gasteiger partial charge is 0.365 e. The van der Waals surface area contributed by atoms with Gasteiger partial charge in [-0.1, -0.05) is 97.1 Å². The molecular formula is C37H27N3. The lowest BCUT2D eigenvalue weighted by atomic mass is 9.91. The van der Waals surface area contributed by atoms with E-state index in [1.165, 1.54) is 66.2 Å². The van der Waals surface area contributed by atoms with E-state index in [0.717, 1.165) is 0 Å². The van der Waals surface area contributed by atoms with E-state index in [1.54, 1.807) is 0 Å². The van der Waals surface area contributed by atoms with Crippen LogP contribution in [-0.2, 0) is 0 Å². The molecule has 0 bridgehead atoms. The first-order valence-electron chi connectivity index (χ1n) is 14.0. The van der Waals surface area contributed by atoms with Crippen LogP contribution in [0.5, 0.6) is 0 Å². The summed E-state index contributed by atoms with van der Waals surface area (Å²) < 4.78 is 4.90. The van der Waals surface area contributed by atoms with Crippen molar-refractivity contribution in [3.05, 3.63) is 139 Å². The zero-order valence-corrected chi connectivity index (χ0v) is 22.2. The number of hydrogen-bond donors (Lipinski definition) is 0. The van der Waals surface area contributed by atoms with Crippen LogP contribution in [0.1, 0.15) is 11.5 Å². The van der Waals surface area contributed by atoms with Gasteiger partial charge in [0, 0.05) is 45.9 Å². The van der Waals surface area contributed by atoms with Crippen LogP contribution in [0.2, 0.25) is 0 Å². The van der Waals surface area contributed by atoms with Crippen molar-refractivity contribution in [2.45, 2.75) is 12.0 Å². The molecule has 40 heavy (non-hydrogen) atoms. The van der Waals surface area contributed by atoms with Crippen LogP contribution in [0.4, 0.5) is 5.69 Å². The van der Waals surface area contributed by atoms with Gasteiger partial charge in [-0.15, -0.1) is 0 Å². The molecule has 0 N–H and O–H groups in total. The minimum atomic E-state index is 0.347. The molecule has 3 heterocycles. The van der Waals surface area contributed by atoms with E-state index in [4.69, 9.17) is 0 Å². The van der Waals surface area contributed by atoms with Gasteiger partial charge in [0.25, 0.3) is 0 Å². The van der Waals surface area contributed by atoms with Crippen molar-refractivity contribution in [3.8, 4) is 11.4 Å². The lowest BCUT2D eigenvalue weighted by molar-refractivity contribution is 0.723. The predicted molar refractivity (Wildman–Crippen MR) is 168 cm³/mol. The Morgan fingerprint density at radius 1 is 0.525 bits per heavy atom. The molecule has 3 nitrogen and oxygen atoms in total. The highest BCUT2D eigenvalue weighted by Gasteiger charge is 2.37. The number of allylic oxidation sites excluding steroid dienone is 2. The highest BCUT2D eigenvalue weighted by Crippen LogP contribution is 2.49. The molecule has 0 fully saturated rings. The third-order valence-corrected chi connectivity index (χ3v) is 9.04. The number of nitrogens with zero attached hydrogens (tertiary/aromatic N) is 3. The zero-order valence-electron chi connectivity index (χ0n) is 22.2. The number of anilines is 1. The molecule has 190 valence electrons. The second kappa shape index (κ2) is 8.00. The summed E-state index contributed by atoms with van der Waals surface area (Å²) in [6, 6.07) is 40.3. The van der Waals surface area contributed by atoms with Crippen molar-refractivity contribution in [3.63, 3.8) is 0 Å². The number of aromatic nitrogens is 2. The van der Waals surface area contributed by atoms with Crippen molar-refractivity contribution >= 4 is 49.3 Å². The van der Waals surface area contributed by atoms with Crippen LogP contribution in [0.25, 0.3) is 55.0 Å². The molecule has 0 radical (unpaired) electrons.